The summed E-state index contributed by atoms with van der Waals surface area (Å²) in [5.41, 5.74) is 0.704. The standard InChI is InChI=1S/C20H27N3O4/c1-14(19(24)21-16-4-5-17-18(12-16)27-13-26-17)22-10-6-15(7-11-22)20(25)23-8-2-3-9-23/h4-5,12,14-15H,2-3,6-11,13H2,1H3,(H,21,24). The number of benzene rings is 1. The number of piperidine rings is 1. The highest BCUT2D eigenvalue weighted by atomic mass is 16.7. The van der Waals surface area contributed by atoms with Crippen LogP contribution in [0.5, 0.6) is 11.5 Å². The number of hydrogen-bond acceptors (Lipinski definition) is 5. The molecule has 2 saturated heterocycles. The Morgan fingerprint density at radius 1 is 1.07 bits per heavy atom. The van der Waals surface area contributed by atoms with Crippen LogP contribution in [0.2, 0.25) is 0 Å². The van der Waals surface area contributed by atoms with E-state index in [4.69, 9.17) is 9.47 Å². The largest absolute Gasteiger partial charge is 0.454 e. The van der Waals surface area contributed by atoms with E-state index in [1.165, 1.54) is 0 Å². The third-order valence-electron chi connectivity index (χ3n) is 5.86. The lowest BCUT2D eigenvalue weighted by molar-refractivity contribution is -0.136. The van der Waals surface area contributed by atoms with E-state index < -0.39 is 0 Å². The minimum Gasteiger partial charge on any atom is -0.454 e. The average Bonchev–Trinajstić information content (AvgIpc) is 3.38. The van der Waals surface area contributed by atoms with E-state index in [1.807, 2.05) is 17.9 Å². The fraction of sp³-hybridized carbons (Fsp3) is 0.600. The van der Waals surface area contributed by atoms with Crippen LogP contribution >= 0.6 is 0 Å². The van der Waals surface area contributed by atoms with Gasteiger partial charge in [0.2, 0.25) is 18.6 Å². The molecule has 0 saturated carbocycles. The van der Waals surface area contributed by atoms with Gasteiger partial charge in [0.15, 0.2) is 11.5 Å². The quantitative estimate of drug-likeness (QED) is 0.875. The van der Waals surface area contributed by atoms with Crippen molar-refractivity contribution in [3.8, 4) is 11.5 Å². The van der Waals surface area contributed by atoms with E-state index in [9.17, 15) is 9.59 Å². The zero-order valence-electron chi connectivity index (χ0n) is 15.8. The van der Waals surface area contributed by atoms with Gasteiger partial charge in [0.1, 0.15) is 0 Å². The first kappa shape index (κ1) is 18.1. The molecule has 3 heterocycles. The van der Waals surface area contributed by atoms with Gasteiger partial charge >= 0.3 is 0 Å². The number of ether oxygens (including phenoxy) is 2. The number of amides is 2. The molecule has 3 aliphatic heterocycles. The Morgan fingerprint density at radius 3 is 2.52 bits per heavy atom. The maximum atomic E-state index is 12.6. The van der Waals surface area contributed by atoms with Crippen molar-refractivity contribution in [3.63, 3.8) is 0 Å². The number of nitrogens with zero attached hydrogens (tertiary/aromatic N) is 2. The maximum Gasteiger partial charge on any atom is 0.241 e. The van der Waals surface area contributed by atoms with Gasteiger partial charge in [-0.15, -0.1) is 0 Å². The monoisotopic (exact) mass is 373 g/mol. The lowest BCUT2D eigenvalue weighted by Crippen LogP contribution is -2.48. The summed E-state index contributed by atoms with van der Waals surface area (Å²) in [6.07, 6.45) is 3.91. The Morgan fingerprint density at radius 2 is 1.78 bits per heavy atom. The molecular weight excluding hydrogens is 346 g/mol. The van der Waals surface area contributed by atoms with Crippen molar-refractivity contribution in [1.82, 2.24) is 9.80 Å². The molecule has 2 fully saturated rings. The van der Waals surface area contributed by atoms with E-state index in [2.05, 4.69) is 10.2 Å². The molecule has 0 bridgehead atoms. The molecule has 0 aliphatic carbocycles. The van der Waals surface area contributed by atoms with Gasteiger partial charge in [-0.05, 0) is 57.8 Å². The normalized spacial score (nSPS) is 21.3. The second-order valence-electron chi connectivity index (χ2n) is 7.58. The van der Waals surface area contributed by atoms with Crippen LogP contribution in [-0.2, 0) is 9.59 Å². The summed E-state index contributed by atoms with van der Waals surface area (Å²) in [4.78, 5) is 29.4. The van der Waals surface area contributed by atoms with Gasteiger partial charge < -0.3 is 19.7 Å². The molecule has 3 aliphatic rings. The van der Waals surface area contributed by atoms with Crippen LogP contribution in [0.25, 0.3) is 0 Å². The summed E-state index contributed by atoms with van der Waals surface area (Å²) in [5.74, 6) is 1.73. The van der Waals surface area contributed by atoms with Crippen molar-refractivity contribution in [3.05, 3.63) is 18.2 Å². The summed E-state index contributed by atoms with van der Waals surface area (Å²) in [5, 5.41) is 2.96. The Labute approximate surface area is 159 Å². The zero-order chi connectivity index (χ0) is 18.8. The highest BCUT2D eigenvalue weighted by Gasteiger charge is 2.32. The van der Waals surface area contributed by atoms with Crippen molar-refractivity contribution in [1.29, 1.82) is 0 Å². The topological polar surface area (TPSA) is 71.1 Å². The second-order valence-corrected chi connectivity index (χ2v) is 7.58. The summed E-state index contributed by atoms with van der Waals surface area (Å²) in [7, 11) is 0. The molecule has 0 spiro atoms. The molecule has 1 unspecified atom stereocenters. The van der Waals surface area contributed by atoms with Gasteiger partial charge in [-0.3, -0.25) is 14.5 Å². The molecule has 146 valence electrons. The van der Waals surface area contributed by atoms with Crippen molar-refractivity contribution < 1.29 is 19.1 Å². The number of carbonyl (C=O) groups excluding carboxylic acids is 2. The number of nitrogens with one attached hydrogen (secondary N) is 1. The first-order valence-electron chi connectivity index (χ1n) is 9.85. The highest BCUT2D eigenvalue weighted by molar-refractivity contribution is 5.94. The Hall–Kier alpha value is -2.28. The maximum absolute atomic E-state index is 12.6. The molecule has 0 radical (unpaired) electrons. The minimum atomic E-state index is -0.238. The molecule has 4 rings (SSSR count). The van der Waals surface area contributed by atoms with Crippen LogP contribution in [0, 0.1) is 5.92 Å². The summed E-state index contributed by atoms with van der Waals surface area (Å²) in [6.45, 7) is 5.51. The Bertz CT molecular complexity index is 709. The van der Waals surface area contributed by atoms with Crippen LogP contribution in [0.15, 0.2) is 18.2 Å². The van der Waals surface area contributed by atoms with E-state index in [1.54, 1.807) is 12.1 Å². The molecule has 2 amide bonds. The van der Waals surface area contributed by atoms with Crippen molar-refractivity contribution in [2.75, 3.05) is 38.3 Å². The first-order valence-corrected chi connectivity index (χ1v) is 9.85. The second kappa shape index (κ2) is 7.76. The molecule has 0 aromatic heterocycles. The van der Waals surface area contributed by atoms with Gasteiger partial charge in [0.05, 0.1) is 6.04 Å². The highest BCUT2D eigenvalue weighted by Crippen LogP contribution is 2.34. The van der Waals surface area contributed by atoms with Gasteiger partial charge in [-0.1, -0.05) is 0 Å². The van der Waals surface area contributed by atoms with Crippen molar-refractivity contribution in [2.45, 2.75) is 38.6 Å². The number of fused-ring (bicyclic) bond motifs is 1. The molecule has 7 nitrogen and oxygen atoms in total. The number of hydrogen-bond donors (Lipinski definition) is 1. The average molecular weight is 373 g/mol. The third kappa shape index (κ3) is 3.88. The van der Waals surface area contributed by atoms with E-state index >= 15 is 0 Å². The molecular formula is C20H27N3O4. The Kier molecular flexibility index (Phi) is 5.20. The van der Waals surface area contributed by atoms with E-state index in [0.29, 0.717) is 23.1 Å². The molecule has 27 heavy (non-hydrogen) atoms. The number of anilines is 1. The smallest absolute Gasteiger partial charge is 0.241 e. The minimum absolute atomic E-state index is 0.0433. The fourth-order valence-corrected chi connectivity index (χ4v) is 4.12. The van der Waals surface area contributed by atoms with Crippen LogP contribution in [0.3, 0.4) is 0 Å². The van der Waals surface area contributed by atoms with E-state index in [0.717, 1.165) is 51.9 Å². The van der Waals surface area contributed by atoms with E-state index in [-0.39, 0.29) is 24.7 Å². The molecule has 1 aromatic rings. The number of rotatable bonds is 4. The van der Waals surface area contributed by atoms with Crippen molar-refractivity contribution in [2.24, 2.45) is 5.92 Å². The van der Waals surface area contributed by atoms with Crippen molar-refractivity contribution >= 4 is 17.5 Å². The molecule has 1 atom stereocenters. The SMILES string of the molecule is CC(C(=O)Nc1ccc2c(c1)OCO2)N1CCC(C(=O)N2CCCC2)CC1. The van der Waals surface area contributed by atoms with Gasteiger partial charge in [0, 0.05) is 30.8 Å². The number of likely N-dealkylation sites (tertiary alicyclic amines) is 2. The lowest BCUT2D eigenvalue weighted by atomic mass is 9.94. The van der Waals surface area contributed by atoms with Crippen LogP contribution in [-0.4, -0.2) is 60.6 Å². The summed E-state index contributed by atoms with van der Waals surface area (Å²) >= 11 is 0. The predicted octanol–water partition coefficient (Wildman–Crippen LogP) is 2.08. The van der Waals surface area contributed by atoms with Crippen LogP contribution in [0.1, 0.15) is 32.6 Å². The van der Waals surface area contributed by atoms with Crippen LogP contribution in [0.4, 0.5) is 5.69 Å². The molecule has 1 aromatic carbocycles. The number of carbonyl (C=O) groups is 2. The molecule has 1 N–H and O–H groups in total. The first-order chi connectivity index (χ1) is 13.1. The Balaban J connectivity index is 1.29. The third-order valence-corrected chi connectivity index (χ3v) is 5.86. The lowest BCUT2D eigenvalue weighted by Gasteiger charge is -2.36. The zero-order valence-corrected chi connectivity index (χ0v) is 15.8. The molecule has 7 heteroatoms. The van der Waals surface area contributed by atoms with Crippen LogP contribution < -0.4 is 14.8 Å². The summed E-state index contributed by atoms with van der Waals surface area (Å²) < 4.78 is 10.6. The summed E-state index contributed by atoms with van der Waals surface area (Å²) in [6, 6.07) is 5.17. The predicted molar refractivity (Wildman–Crippen MR) is 101 cm³/mol. The van der Waals surface area contributed by atoms with Gasteiger partial charge in [-0.25, -0.2) is 0 Å². The van der Waals surface area contributed by atoms with Gasteiger partial charge in [-0.2, -0.15) is 0 Å². The van der Waals surface area contributed by atoms with Gasteiger partial charge in [0.25, 0.3) is 0 Å². The fourth-order valence-electron chi connectivity index (χ4n) is 4.12.